The van der Waals surface area contributed by atoms with E-state index < -0.39 is 71.7 Å². The van der Waals surface area contributed by atoms with Gasteiger partial charge in [-0.3, -0.25) is 38.6 Å². The third-order valence-corrected chi connectivity index (χ3v) is 8.88. The van der Waals surface area contributed by atoms with Crippen molar-refractivity contribution in [3.8, 4) is 0 Å². The fourth-order valence-electron chi connectivity index (χ4n) is 5.71. The molecule has 1 saturated heterocycles. The van der Waals surface area contributed by atoms with Gasteiger partial charge in [-0.25, -0.2) is 0 Å². The summed E-state index contributed by atoms with van der Waals surface area (Å²) in [5.74, 6) is -4.39. The fourth-order valence-corrected chi connectivity index (χ4v) is 5.71. The number of aliphatic imine (C=N–C) groups is 1. The first-order chi connectivity index (χ1) is 25.7. The van der Waals surface area contributed by atoms with Gasteiger partial charge < -0.3 is 54.8 Å². The van der Waals surface area contributed by atoms with Crippen LogP contribution in [0.2, 0.25) is 0 Å². The molecule has 2 rings (SSSR count). The summed E-state index contributed by atoms with van der Waals surface area (Å²) in [4.78, 5) is 97.7. The minimum Gasteiger partial charge on any atom is -0.370 e. The van der Waals surface area contributed by atoms with E-state index in [4.69, 9.17) is 22.9 Å². The molecule has 0 aromatic heterocycles. The second kappa shape index (κ2) is 24.3. The Balaban J connectivity index is 2.54. The molecule has 0 radical (unpaired) electrons. The monoisotopic (exact) mass is 757 g/mol. The SMILES string of the molecule is CCCC[C@H](N)C(=O)NC1CCC(=O)NCC[C@@H](C(C)=O)NC(=O)[C@H](CCCN=C(N)N)NC(=O)[C@@H](Cc2ccccc2)NC(=O)C(CCCN)NC1=O. The number of carbonyl (C=O) groups excluding carboxylic acids is 7. The van der Waals surface area contributed by atoms with Crippen LogP contribution in [0.4, 0.5) is 0 Å². The quantitative estimate of drug-likeness (QED) is 0.0523. The van der Waals surface area contributed by atoms with Crippen LogP contribution in [0.25, 0.3) is 0 Å². The minimum atomic E-state index is -1.24. The minimum absolute atomic E-state index is 0.00523. The number of guanidine groups is 1. The summed E-state index contributed by atoms with van der Waals surface area (Å²) < 4.78 is 0. The van der Waals surface area contributed by atoms with Gasteiger partial charge in [-0.2, -0.15) is 0 Å². The van der Waals surface area contributed by atoms with E-state index in [0.29, 0.717) is 24.8 Å². The highest BCUT2D eigenvalue weighted by Crippen LogP contribution is 2.10. The molecule has 300 valence electrons. The first-order valence-corrected chi connectivity index (χ1v) is 18.6. The van der Waals surface area contributed by atoms with Crippen LogP contribution in [-0.4, -0.2) is 103 Å². The number of amides is 6. The van der Waals surface area contributed by atoms with E-state index in [9.17, 15) is 33.6 Å². The maximum absolute atomic E-state index is 14.0. The number of unbranched alkanes of at least 4 members (excludes halogenated alkanes) is 1. The Morgan fingerprint density at radius 1 is 0.852 bits per heavy atom. The molecule has 1 aromatic rings. The number of nitrogens with one attached hydrogen (secondary N) is 6. The largest absolute Gasteiger partial charge is 0.370 e. The van der Waals surface area contributed by atoms with Crippen molar-refractivity contribution in [2.45, 2.75) is 121 Å². The van der Waals surface area contributed by atoms with Crippen LogP contribution in [-0.2, 0) is 40.0 Å². The van der Waals surface area contributed by atoms with Crippen molar-refractivity contribution in [2.75, 3.05) is 19.6 Å². The van der Waals surface area contributed by atoms with Crippen molar-refractivity contribution in [1.29, 1.82) is 0 Å². The van der Waals surface area contributed by atoms with Gasteiger partial charge in [-0.15, -0.1) is 0 Å². The lowest BCUT2D eigenvalue weighted by Crippen LogP contribution is -2.59. The zero-order chi connectivity index (χ0) is 40.0. The maximum Gasteiger partial charge on any atom is 0.243 e. The van der Waals surface area contributed by atoms with Gasteiger partial charge in [0, 0.05) is 25.9 Å². The lowest BCUT2D eigenvalue weighted by atomic mass is 10.0. The number of ketones is 1. The lowest BCUT2D eigenvalue weighted by Gasteiger charge is -2.27. The molecular weight excluding hydrogens is 698 g/mol. The van der Waals surface area contributed by atoms with Crippen molar-refractivity contribution < 1.29 is 33.6 Å². The Kier molecular flexibility index (Phi) is 20.2. The van der Waals surface area contributed by atoms with Gasteiger partial charge in [0.25, 0.3) is 0 Å². The Morgan fingerprint density at radius 3 is 2.09 bits per heavy atom. The van der Waals surface area contributed by atoms with Crippen LogP contribution in [0.3, 0.4) is 0 Å². The standard InChI is InChI=1S/C36H59N11O7/c1-3-4-12-24(38)31(50)44-28-15-16-30(49)41-20-17-25(22(2)48)43-32(51)27(14-9-19-42-36(39)40)46-35(54)29(21-23-10-6-5-7-11-23)47-33(52)26(13-8-18-37)45-34(28)53/h5-7,10-11,24-29H,3-4,8-9,12-21,37-38H2,1-2H3,(H,41,49)(H,43,51)(H,44,50)(H,45,53)(H,46,54)(H,47,52)(H4,39,40,42)/t24-,25-,26?,27-,28?,29+/m0/s1. The molecular formula is C36H59N11O7. The molecule has 6 atom stereocenters. The molecule has 0 spiro atoms. The third-order valence-electron chi connectivity index (χ3n) is 8.88. The van der Waals surface area contributed by atoms with Gasteiger partial charge in [-0.05, 0) is 64.0 Å². The van der Waals surface area contributed by atoms with E-state index in [1.165, 1.54) is 6.92 Å². The predicted molar refractivity (Wildman–Crippen MR) is 203 cm³/mol. The summed E-state index contributed by atoms with van der Waals surface area (Å²) in [6.07, 6.45) is 2.37. The summed E-state index contributed by atoms with van der Waals surface area (Å²) in [5, 5.41) is 16.1. The molecule has 0 aliphatic carbocycles. The van der Waals surface area contributed by atoms with Crippen molar-refractivity contribution in [2.24, 2.45) is 27.9 Å². The average Bonchev–Trinajstić information content (AvgIpc) is 3.13. The summed E-state index contributed by atoms with van der Waals surface area (Å²) in [5.41, 5.74) is 23.4. The summed E-state index contributed by atoms with van der Waals surface area (Å²) in [7, 11) is 0. The van der Waals surface area contributed by atoms with E-state index in [2.05, 4.69) is 36.9 Å². The number of nitrogens with two attached hydrogens (primary N) is 4. The molecule has 0 saturated carbocycles. The molecule has 6 amide bonds. The number of hydrogen-bond acceptors (Lipinski definition) is 10. The highest BCUT2D eigenvalue weighted by molar-refractivity contribution is 5.97. The Labute approximate surface area is 316 Å². The van der Waals surface area contributed by atoms with Crippen LogP contribution < -0.4 is 54.8 Å². The van der Waals surface area contributed by atoms with Crippen molar-refractivity contribution in [3.05, 3.63) is 35.9 Å². The van der Waals surface area contributed by atoms with E-state index in [1.807, 2.05) is 6.92 Å². The van der Waals surface area contributed by atoms with E-state index >= 15 is 0 Å². The van der Waals surface area contributed by atoms with Gasteiger partial charge in [0.1, 0.15) is 24.2 Å². The van der Waals surface area contributed by atoms with Gasteiger partial charge in [0.05, 0.1) is 12.1 Å². The van der Waals surface area contributed by atoms with Gasteiger partial charge >= 0.3 is 0 Å². The summed E-state index contributed by atoms with van der Waals surface area (Å²) in [6, 6.07) is 2.16. The Bertz CT molecular complexity index is 1440. The van der Waals surface area contributed by atoms with Crippen LogP contribution in [0.15, 0.2) is 35.3 Å². The average molecular weight is 758 g/mol. The molecule has 2 unspecified atom stereocenters. The zero-order valence-corrected chi connectivity index (χ0v) is 31.4. The highest BCUT2D eigenvalue weighted by Gasteiger charge is 2.33. The molecule has 0 bridgehead atoms. The maximum atomic E-state index is 14.0. The second-order valence-electron chi connectivity index (χ2n) is 13.4. The van der Waals surface area contributed by atoms with E-state index in [0.717, 1.165) is 6.42 Å². The first-order valence-electron chi connectivity index (χ1n) is 18.6. The summed E-state index contributed by atoms with van der Waals surface area (Å²) >= 11 is 0. The van der Waals surface area contributed by atoms with Crippen molar-refractivity contribution in [3.63, 3.8) is 0 Å². The van der Waals surface area contributed by atoms with Crippen LogP contribution in [0.1, 0.15) is 83.6 Å². The van der Waals surface area contributed by atoms with E-state index in [-0.39, 0.29) is 76.3 Å². The van der Waals surface area contributed by atoms with Gasteiger partial charge in [0.2, 0.25) is 35.4 Å². The highest BCUT2D eigenvalue weighted by atomic mass is 16.2. The number of nitrogens with zero attached hydrogens (tertiary/aromatic N) is 1. The predicted octanol–water partition coefficient (Wildman–Crippen LogP) is -2.15. The number of benzene rings is 1. The molecule has 1 aliphatic heterocycles. The van der Waals surface area contributed by atoms with Gasteiger partial charge in [0.15, 0.2) is 11.7 Å². The molecule has 1 aliphatic rings. The lowest BCUT2D eigenvalue weighted by molar-refractivity contribution is -0.135. The van der Waals surface area contributed by atoms with Crippen LogP contribution in [0, 0.1) is 0 Å². The molecule has 1 heterocycles. The second-order valence-corrected chi connectivity index (χ2v) is 13.4. The number of carbonyl (C=O) groups is 7. The fraction of sp³-hybridized carbons (Fsp3) is 0.611. The van der Waals surface area contributed by atoms with Crippen molar-refractivity contribution >= 4 is 47.2 Å². The number of hydrogen-bond donors (Lipinski definition) is 10. The smallest absolute Gasteiger partial charge is 0.243 e. The molecule has 54 heavy (non-hydrogen) atoms. The Morgan fingerprint density at radius 2 is 1.46 bits per heavy atom. The first kappa shape index (κ1) is 45.1. The topological polar surface area (TPSA) is 308 Å². The number of Topliss-reactive ketones (excluding diaryl/α,β-unsaturated/α-hetero) is 1. The normalized spacial score (nSPS) is 22.7. The molecule has 18 heteroatoms. The van der Waals surface area contributed by atoms with Gasteiger partial charge in [-0.1, -0.05) is 50.1 Å². The molecule has 1 fully saturated rings. The number of rotatable bonds is 15. The van der Waals surface area contributed by atoms with Crippen molar-refractivity contribution in [1.82, 2.24) is 31.9 Å². The third kappa shape index (κ3) is 16.7. The van der Waals surface area contributed by atoms with Crippen LogP contribution >= 0.6 is 0 Å². The van der Waals surface area contributed by atoms with E-state index in [1.54, 1.807) is 30.3 Å². The zero-order valence-electron chi connectivity index (χ0n) is 31.4. The molecule has 14 N–H and O–H groups in total. The molecule has 1 aromatic carbocycles. The Hall–Kier alpha value is -5.10. The summed E-state index contributed by atoms with van der Waals surface area (Å²) in [6.45, 7) is 3.58. The molecule has 18 nitrogen and oxygen atoms in total. The van der Waals surface area contributed by atoms with Crippen LogP contribution in [0.5, 0.6) is 0 Å².